The Bertz CT molecular complexity index is 858. The molecule has 29 heavy (non-hydrogen) atoms. The standard InChI is InChI=1S/C21H25N3O5/c1-24(13-21(26)23-15-6-5-7-16(10-15)27-2)12-20(25)22-11-17-14-28-18-8-3-4-9-19(18)29-17/h3-10,17H,11-14H2,1-2H3,(H,22,25)(H,23,26). The zero-order chi connectivity index (χ0) is 20.6. The zero-order valence-electron chi connectivity index (χ0n) is 16.5. The Hall–Kier alpha value is -3.26. The third kappa shape index (κ3) is 6.11. The molecule has 2 aromatic rings. The maximum Gasteiger partial charge on any atom is 0.238 e. The van der Waals surface area contributed by atoms with Gasteiger partial charge in [0.25, 0.3) is 0 Å². The molecule has 1 heterocycles. The molecule has 1 atom stereocenters. The predicted molar refractivity (Wildman–Crippen MR) is 108 cm³/mol. The summed E-state index contributed by atoms with van der Waals surface area (Å²) in [4.78, 5) is 26.0. The van der Waals surface area contributed by atoms with Gasteiger partial charge in [-0.15, -0.1) is 0 Å². The van der Waals surface area contributed by atoms with Gasteiger partial charge in [-0.2, -0.15) is 0 Å². The van der Waals surface area contributed by atoms with E-state index in [0.717, 1.165) is 0 Å². The second-order valence-electron chi connectivity index (χ2n) is 6.75. The van der Waals surface area contributed by atoms with Crippen LogP contribution in [0.15, 0.2) is 48.5 Å². The molecule has 0 fully saturated rings. The van der Waals surface area contributed by atoms with Gasteiger partial charge in [0.05, 0.1) is 26.7 Å². The molecule has 0 saturated heterocycles. The van der Waals surface area contributed by atoms with Crippen molar-refractivity contribution in [2.24, 2.45) is 0 Å². The molecule has 0 aromatic heterocycles. The Kier molecular flexibility index (Phi) is 6.91. The summed E-state index contributed by atoms with van der Waals surface area (Å²) in [6.45, 7) is 0.879. The molecular weight excluding hydrogens is 374 g/mol. The minimum Gasteiger partial charge on any atom is -0.497 e. The van der Waals surface area contributed by atoms with Gasteiger partial charge in [0.15, 0.2) is 11.5 Å². The largest absolute Gasteiger partial charge is 0.497 e. The van der Waals surface area contributed by atoms with Crippen LogP contribution in [0.1, 0.15) is 0 Å². The molecule has 154 valence electrons. The molecule has 0 aliphatic carbocycles. The molecule has 2 N–H and O–H groups in total. The minimum absolute atomic E-state index is 0.0844. The molecule has 2 amide bonds. The van der Waals surface area contributed by atoms with Crippen LogP contribution in [0.2, 0.25) is 0 Å². The van der Waals surface area contributed by atoms with Crippen LogP contribution in [0.4, 0.5) is 5.69 Å². The van der Waals surface area contributed by atoms with E-state index in [1.54, 1.807) is 43.3 Å². The van der Waals surface area contributed by atoms with Crippen molar-refractivity contribution in [2.75, 3.05) is 45.7 Å². The Morgan fingerprint density at radius 1 is 1.10 bits per heavy atom. The molecule has 1 aliphatic rings. The highest BCUT2D eigenvalue weighted by Crippen LogP contribution is 2.30. The summed E-state index contributed by atoms with van der Waals surface area (Å²) in [5.74, 6) is 1.63. The summed E-state index contributed by atoms with van der Waals surface area (Å²) in [6, 6.07) is 14.5. The molecule has 1 unspecified atom stereocenters. The van der Waals surface area contributed by atoms with E-state index in [2.05, 4.69) is 10.6 Å². The Balaban J connectivity index is 1.38. The smallest absolute Gasteiger partial charge is 0.238 e. The first-order valence-electron chi connectivity index (χ1n) is 9.31. The fraction of sp³-hybridized carbons (Fsp3) is 0.333. The van der Waals surface area contributed by atoms with Crippen LogP contribution in [0.3, 0.4) is 0 Å². The van der Waals surface area contributed by atoms with Crippen LogP contribution < -0.4 is 24.8 Å². The number of amides is 2. The van der Waals surface area contributed by atoms with E-state index in [4.69, 9.17) is 14.2 Å². The lowest BCUT2D eigenvalue weighted by molar-refractivity contribution is -0.123. The second kappa shape index (κ2) is 9.79. The van der Waals surface area contributed by atoms with Crippen LogP contribution in [-0.4, -0.2) is 63.2 Å². The van der Waals surface area contributed by atoms with E-state index >= 15 is 0 Å². The number of likely N-dealkylation sites (N-methyl/N-ethyl adjacent to an activating group) is 1. The lowest BCUT2D eigenvalue weighted by Crippen LogP contribution is -2.44. The third-order valence-corrected chi connectivity index (χ3v) is 4.27. The van der Waals surface area contributed by atoms with Gasteiger partial charge in [-0.05, 0) is 31.3 Å². The number of carbonyl (C=O) groups is 2. The van der Waals surface area contributed by atoms with Gasteiger partial charge in [-0.1, -0.05) is 18.2 Å². The maximum absolute atomic E-state index is 12.2. The maximum atomic E-state index is 12.2. The predicted octanol–water partition coefficient (Wildman–Crippen LogP) is 1.52. The van der Waals surface area contributed by atoms with Gasteiger partial charge in [-0.25, -0.2) is 0 Å². The zero-order valence-corrected chi connectivity index (χ0v) is 16.5. The molecule has 0 radical (unpaired) electrons. The monoisotopic (exact) mass is 399 g/mol. The topological polar surface area (TPSA) is 89.1 Å². The van der Waals surface area contributed by atoms with Crippen molar-refractivity contribution in [2.45, 2.75) is 6.10 Å². The molecule has 2 aromatic carbocycles. The van der Waals surface area contributed by atoms with Gasteiger partial charge < -0.3 is 24.8 Å². The van der Waals surface area contributed by atoms with E-state index in [9.17, 15) is 9.59 Å². The fourth-order valence-electron chi connectivity index (χ4n) is 2.89. The first kappa shape index (κ1) is 20.5. The second-order valence-corrected chi connectivity index (χ2v) is 6.75. The number of hydrogen-bond donors (Lipinski definition) is 2. The minimum atomic E-state index is -0.254. The van der Waals surface area contributed by atoms with Crippen molar-refractivity contribution >= 4 is 17.5 Å². The quantitative estimate of drug-likeness (QED) is 0.700. The summed E-state index contributed by atoms with van der Waals surface area (Å²) in [7, 11) is 3.28. The number of nitrogens with zero attached hydrogens (tertiary/aromatic N) is 1. The number of hydrogen-bond acceptors (Lipinski definition) is 6. The number of fused-ring (bicyclic) bond motifs is 1. The molecular formula is C21H25N3O5. The van der Waals surface area contributed by atoms with Gasteiger partial charge in [0.2, 0.25) is 11.8 Å². The van der Waals surface area contributed by atoms with Crippen molar-refractivity contribution in [1.82, 2.24) is 10.2 Å². The van der Waals surface area contributed by atoms with E-state index in [-0.39, 0.29) is 31.0 Å². The number of benzene rings is 2. The van der Waals surface area contributed by atoms with Crippen LogP contribution in [0.5, 0.6) is 17.2 Å². The van der Waals surface area contributed by atoms with Crippen molar-refractivity contribution in [1.29, 1.82) is 0 Å². The number of nitrogens with one attached hydrogen (secondary N) is 2. The number of anilines is 1. The van der Waals surface area contributed by atoms with Crippen LogP contribution in [-0.2, 0) is 9.59 Å². The summed E-state index contributed by atoms with van der Waals surface area (Å²) in [5.41, 5.74) is 0.641. The molecule has 3 rings (SSSR count). The summed E-state index contributed by atoms with van der Waals surface area (Å²) >= 11 is 0. The highest BCUT2D eigenvalue weighted by Gasteiger charge is 2.21. The van der Waals surface area contributed by atoms with E-state index in [0.29, 0.717) is 36.1 Å². The van der Waals surface area contributed by atoms with Crippen LogP contribution in [0.25, 0.3) is 0 Å². The molecule has 1 aliphatic heterocycles. The highest BCUT2D eigenvalue weighted by atomic mass is 16.6. The SMILES string of the molecule is COc1cccc(NC(=O)CN(C)CC(=O)NCC2COc3ccccc3O2)c1. The Morgan fingerprint density at radius 2 is 1.86 bits per heavy atom. The summed E-state index contributed by atoms with van der Waals surface area (Å²) < 4.78 is 16.6. The van der Waals surface area contributed by atoms with Crippen molar-refractivity contribution in [3.05, 3.63) is 48.5 Å². The number of ether oxygens (including phenoxy) is 3. The van der Waals surface area contributed by atoms with Gasteiger partial charge in [0, 0.05) is 11.8 Å². The van der Waals surface area contributed by atoms with Crippen LogP contribution >= 0.6 is 0 Å². The van der Waals surface area contributed by atoms with Gasteiger partial charge in [-0.3, -0.25) is 14.5 Å². The van der Waals surface area contributed by atoms with Gasteiger partial charge >= 0.3 is 0 Å². The molecule has 8 nitrogen and oxygen atoms in total. The van der Waals surface area contributed by atoms with E-state index in [1.807, 2.05) is 24.3 Å². The van der Waals surface area contributed by atoms with Crippen molar-refractivity contribution in [3.8, 4) is 17.2 Å². The van der Waals surface area contributed by atoms with Crippen LogP contribution in [0, 0.1) is 0 Å². The van der Waals surface area contributed by atoms with Gasteiger partial charge in [0.1, 0.15) is 18.5 Å². The Labute approximate surface area is 169 Å². The van der Waals surface area contributed by atoms with Crippen molar-refractivity contribution in [3.63, 3.8) is 0 Å². The molecule has 0 bridgehead atoms. The van der Waals surface area contributed by atoms with E-state index in [1.165, 1.54) is 0 Å². The van der Waals surface area contributed by atoms with E-state index < -0.39 is 0 Å². The average molecular weight is 399 g/mol. The lowest BCUT2D eigenvalue weighted by Gasteiger charge is -2.26. The Morgan fingerprint density at radius 3 is 2.66 bits per heavy atom. The van der Waals surface area contributed by atoms with Crippen molar-refractivity contribution < 1.29 is 23.8 Å². The summed E-state index contributed by atoms with van der Waals surface area (Å²) in [5, 5.41) is 5.60. The fourth-order valence-corrected chi connectivity index (χ4v) is 2.89. The molecule has 0 saturated carbocycles. The lowest BCUT2D eigenvalue weighted by atomic mass is 10.2. The number of rotatable bonds is 8. The normalized spacial score (nSPS) is 14.9. The molecule has 0 spiro atoms. The first-order chi connectivity index (χ1) is 14.0. The highest BCUT2D eigenvalue weighted by molar-refractivity contribution is 5.92. The average Bonchev–Trinajstić information content (AvgIpc) is 2.72. The summed E-state index contributed by atoms with van der Waals surface area (Å²) in [6.07, 6.45) is -0.254. The molecule has 8 heteroatoms. The number of carbonyl (C=O) groups excluding carboxylic acids is 2. The number of methoxy groups -OCH3 is 1. The first-order valence-corrected chi connectivity index (χ1v) is 9.31. The third-order valence-electron chi connectivity index (χ3n) is 4.27. The number of para-hydroxylation sites is 2.